The van der Waals surface area contributed by atoms with Gasteiger partial charge in [0.05, 0.1) is 12.1 Å². The number of nitrogens with zero attached hydrogens (tertiary/aromatic N) is 3. The average Bonchev–Trinajstić information content (AvgIpc) is 2.77. The lowest BCUT2D eigenvalue weighted by Crippen LogP contribution is -2.41. The number of carbonyl (C=O) groups is 2. The van der Waals surface area contributed by atoms with Crippen LogP contribution >= 0.6 is 11.8 Å². The molecule has 3 rings (SSSR count). The molecule has 0 aromatic carbocycles. The van der Waals surface area contributed by atoms with Gasteiger partial charge in [0.1, 0.15) is 16.9 Å². The number of amides is 1. The average molecular weight is 436 g/mol. The number of hydrogen-bond donors (Lipinski definition) is 0. The first kappa shape index (κ1) is 22.9. The molecule has 0 saturated carbocycles. The molecule has 30 heavy (non-hydrogen) atoms. The number of esters is 1. The Labute approximate surface area is 183 Å². The van der Waals surface area contributed by atoms with Crippen molar-refractivity contribution in [2.45, 2.75) is 63.1 Å². The number of pyridine rings is 1. The van der Waals surface area contributed by atoms with E-state index in [2.05, 4.69) is 11.8 Å². The molecule has 2 fully saturated rings. The molecule has 3 heterocycles. The molecule has 0 spiro atoms. The van der Waals surface area contributed by atoms with Gasteiger partial charge in [0.15, 0.2) is 0 Å². The number of thioether (sulfide) groups is 1. The van der Waals surface area contributed by atoms with Crippen LogP contribution in [0.25, 0.3) is 0 Å². The summed E-state index contributed by atoms with van der Waals surface area (Å²) >= 11 is 1.63. The maximum atomic E-state index is 13.2. The lowest BCUT2D eigenvalue weighted by atomic mass is 10.1. The highest BCUT2D eigenvalue weighted by Crippen LogP contribution is 2.28. The zero-order valence-electron chi connectivity index (χ0n) is 18.3. The van der Waals surface area contributed by atoms with Crippen LogP contribution in [0.1, 0.15) is 56.3 Å². The molecule has 1 amide bonds. The Balaban J connectivity index is 1.79. The summed E-state index contributed by atoms with van der Waals surface area (Å²) < 4.78 is 10.9. The topological polar surface area (TPSA) is 72.0 Å². The molecular weight excluding hydrogens is 402 g/mol. The second kappa shape index (κ2) is 11.0. The molecule has 0 radical (unpaired) electrons. The van der Waals surface area contributed by atoms with Crippen molar-refractivity contribution < 1.29 is 19.1 Å². The van der Waals surface area contributed by atoms with Gasteiger partial charge < -0.3 is 19.3 Å². The van der Waals surface area contributed by atoms with Crippen LogP contribution in [0.3, 0.4) is 0 Å². The Bertz CT molecular complexity index is 739. The minimum Gasteiger partial charge on any atom is -0.461 e. The summed E-state index contributed by atoms with van der Waals surface area (Å²) in [5.74, 6) is 1.53. The fourth-order valence-electron chi connectivity index (χ4n) is 3.98. The number of carbonyl (C=O) groups excluding carboxylic acids is 2. The number of aromatic nitrogens is 1. The van der Waals surface area contributed by atoms with Gasteiger partial charge in [0.25, 0.3) is 5.91 Å². The van der Waals surface area contributed by atoms with E-state index in [0.29, 0.717) is 25.3 Å². The molecule has 2 aliphatic heterocycles. The number of hydrogen-bond acceptors (Lipinski definition) is 7. The predicted octanol–water partition coefficient (Wildman–Crippen LogP) is 3.37. The van der Waals surface area contributed by atoms with Crippen molar-refractivity contribution in [2.75, 3.05) is 44.0 Å². The molecule has 0 N–H and O–H groups in total. The Kier molecular flexibility index (Phi) is 8.39. The number of anilines is 1. The van der Waals surface area contributed by atoms with Gasteiger partial charge in [0, 0.05) is 39.8 Å². The number of rotatable bonds is 7. The summed E-state index contributed by atoms with van der Waals surface area (Å²) in [4.78, 5) is 33.5. The Morgan fingerprint density at radius 1 is 1.30 bits per heavy atom. The second-order valence-corrected chi connectivity index (χ2v) is 9.03. The number of piperidine rings is 1. The second-order valence-electron chi connectivity index (χ2n) is 7.95. The highest BCUT2D eigenvalue weighted by Gasteiger charge is 2.27. The van der Waals surface area contributed by atoms with E-state index in [1.54, 1.807) is 11.8 Å². The van der Waals surface area contributed by atoms with E-state index in [1.807, 2.05) is 24.1 Å². The van der Waals surface area contributed by atoms with Gasteiger partial charge in [-0.05, 0) is 50.0 Å². The molecule has 0 aliphatic carbocycles. The molecule has 1 atom stereocenters. The summed E-state index contributed by atoms with van der Waals surface area (Å²) in [5.41, 5.74) is 0.666. The first-order valence-electron chi connectivity index (χ1n) is 10.9. The summed E-state index contributed by atoms with van der Waals surface area (Å²) in [7, 11) is 1.88. The fraction of sp³-hybridized carbons (Fsp3) is 0.682. The fourth-order valence-corrected chi connectivity index (χ4v) is 4.85. The van der Waals surface area contributed by atoms with Crippen LogP contribution in [0.2, 0.25) is 0 Å². The van der Waals surface area contributed by atoms with Crippen LogP contribution in [0.15, 0.2) is 17.2 Å². The third-order valence-corrected chi connectivity index (χ3v) is 6.81. The normalized spacial score (nSPS) is 20.1. The zero-order chi connectivity index (χ0) is 21.5. The summed E-state index contributed by atoms with van der Waals surface area (Å²) in [6, 6.07) is 4.05. The van der Waals surface area contributed by atoms with E-state index < -0.39 is 0 Å². The third kappa shape index (κ3) is 5.88. The van der Waals surface area contributed by atoms with Gasteiger partial charge in [-0.15, -0.1) is 11.8 Å². The molecule has 8 heteroatoms. The highest BCUT2D eigenvalue weighted by atomic mass is 32.2. The first-order chi connectivity index (χ1) is 14.5. The van der Waals surface area contributed by atoms with E-state index in [1.165, 1.54) is 6.92 Å². The SMILES string of the molecule is CCCSc1nc(N2CCC[C@H](OC(C)=O)C2)ccc1C(=O)N(C)C1CCOCC1. The monoisotopic (exact) mass is 435 g/mol. The number of ether oxygens (including phenoxy) is 2. The van der Waals surface area contributed by atoms with Gasteiger partial charge in [-0.3, -0.25) is 9.59 Å². The molecule has 7 nitrogen and oxygen atoms in total. The molecule has 1 aromatic rings. The lowest BCUT2D eigenvalue weighted by Gasteiger charge is -2.34. The van der Waals surface area contributed by atoms with Gasteiger partial charge in [0.2, 0.25) is 0 Å². The smallest absolute Gasteiger partial charge is 0.302 e. The van der Waals surface area contributed by atoms with E-state index in [9.17, 15) is 9.59 Å². The third-order valence-electron chi connectivity index (χ3n) is 5.61. The minimum absolute atomic E-state index is 0.0241. The quantitative estimate of drug-likeness (QED) is 0.480. The van der Waals surface area contributed by atoms with Crippen LogP contribution in [-0.2, 0) is 14.3 Å². The van der Waals surface area contributed by atoms with Crippen LogP contribution in [0.4, 0.5) is 5.82 Å². The van der Waals surface area contributed by atoms with E-state index in [-0.39, 0.29) is 24.0 Å². The van der Waals surface area contributed by atoms with Crippen molar-refractivity contribution in [2.24, 2.45) is 0 Å². The Hall–Kier alpha value is -1.80. The first-order valence-corrected chi connectivity index (χ1v) is 11.9. The maximum Gasteiger partial charge on any atom is 0.302 e. The van der Waals surface area contributed by atoms with Gasteiger partial charge >= 0.3 is 5.97 Å². The van der Waals surface area contributed by atoms with Crippen LogP contribution in [-0.4, -0.2) is 73.0 Å². The van der Waals surface area contributed by atoms with Crippen molar-refractivity contribution in [1.29, 1.82) is 0 Å². The van der Waals surface area contributed by atoms with Crippen molar-refractivity contribution in [3.8, 4) is 0 Å². The van der Waals surface area contributed by atoms with Gasteiger partial charge in [-0.1, -0.05) is 6.92 Å². The van der Waals surface area contributed by atoms with Crippen LogP contribution in [0, 0.1) is 0 Å². The van der Waals surface area contributed by atoms with E-state index >= 15 is 0 Å². The molecule has 2 saturated heterocycles. The van der Waals surface area contributed by atoms with E-state index in [0.717, 1.165) is 55.2 Å². The largest absolute Gasteiger partial charge is 0.461 e. The van der Waals surface area contributed by atoms with Crippen molar-refractivity contribution in [3.63, 3.8) is 0 Å². The predicted molar refractivity (Wildman–Crippen MR) is 118 cm³/mol. The Morgan fingerprint density at radius 2 is 2.07 bits per heavy atom. The van der Waals surface area contributed by atoms with Crippen LogP contribution in [0.5, 0.6) is 0 Å². The van der Waals surface area contributed by atoms with Crippen LogP contribution < -0.4 is 4.90 Å². The molecule has 1 aromatic heterocycles. The Morgan fingerprint density at radius 3 is 2.77 bits per heavy atom. The highest BCUT2D eigenvalue weighted by molar-refractivity contribution is 7.99. The molecule has 166 valence electrons. The van der Waals surface area contributed by atoms with Gasteiger partial charge in [-0.25, -0.2) is 4.98 Å². The van der Waals surface area contributed by atoms with Crippen molar-refractivity contribution in [3.05, 3.63) is 17.7 Å². The lowest BCUT2D eigenvalue weighted by molar-refractivity contribution is -0.146. The van der Waals surface area contributed by atoms with Crippen molar-refractivity contribution in [1.82, 2.24) is 9.88 Å². The molecular formula is C22H33N3O4S. The summed E-state index contributed by atoms with van der Waals surface area (Å²) in [5, 5.41) is 0.785. The minimum atomic E-state index is -0.244. The standard InChI is InChI=1S/C22H33N3O4S/c1-4-14-30-21-19(22(27)24(3)17-9-12-28-13-10-17)7-8-20(23-21)25-11-5-6-18(15-25)29-16(2)26/h7-8,17-18H,4-6,9-15H2,1-3H3/t18-/m0/s1. The van der Waals surface area contributed by atoms with E-state index in [4.69, 9.17) is 14.5 Å². The molecule has 0 bridgehead atoms. The van der Waals surface area contributed by atoms with Gasteiger partial charge in [-0.2, -0.15) is 0 Å². The maximum absolute atomic E-state index is 13.2. The molecule has 0 unspecified atom stereocenters. The molecule has 2 aliphatic rings. The summed E-state index contributed by atoms with van der Waals surface area (Å²) in [6.07, 6.45) is 4.47. The summed E-state index contributed by atoms with van der Waals surface area (Å²) in [6.45, 7) is 6.50. The van der Waals surface area contributed by atoms with Crippen molar-refractivity contribution >= 4 is 29.5 Å². The zero-order valence-corrected chi connectivity index (χ0v) is 19.1.